The Balaban J connectivity index is 0. The maximum Gasteiger partial charge on any atom is 1.00 e. The second kappa shape index (κ2) is 14.5. The van der Waals surface area contributed by atoms with E-state index in [2.05, 4.69) is 6.92 Å². The molecule has 0 aliphatic heterocycles. The van der Waals surface area contributed by atoms with Crippen LogP contribution in [0.5, 0.6) is 0 Å². The molecule has 0 bridgehead atoms. The van der Waals surface area contributed by atoms with E-state index < -0.39 is 15.4 Å². The van der Waals surface area contributed by atoms with Crippen molar-refractivity contribution in [2.75, 3.05) is 0 Å². The van der Waals surface area contributed by atoms with Crippen molar-refractivity contribution in [2.45, 2.75) is 95.8 Å². The van der Waals surface area contributed by atoms with E-state index in [1.165, 1.54) is 0 Å². The quantitative estimate of drug-likeness (QED) is 0.305. The predicted octanol–water partition coefficient (Wildman–Crippen LogP) is 0.596. The molecule has 4 nitrogen and oxygen atoms in total. The minimum Gasteiger partial charge on any atom is -0.748 e. The van der Waals surface area contributed by atoms with Crippen LogP contribution in [0.25, 0.3) is 0 Å². The summed E-state index contributed by atoms with van der Waals surface area (Å²) in [5.74, 6) is 0. The van der Waals surface area contributed by atoms with Gasteiger partial charge in [-0.2, -0.15) is 0 Å². The molecule has 0 spiro atoms. The molecule has 0 radical (unpaired) electrons. The Morgan fingerprint density at radius 3 is 1.86 bits per heavy atom. The Kier molecular flexibility index (Phi) is 16.6. The van der Waals surface area contributed by atoms with Crippen LogP contribution in [0.1, 0.15) is 84.5 Å². The Bertz CT molecular complexity index is 320. The summed E-state index contributed by atoms with van der Waals surface area (Å²) in [6.45, 7) is 4.04. The first-order valence-electron chi connectivity index (χ1n) is 8.04. The third-order valence-electron chi connectivity index (χ3n) is 3.72. The van der Waals surface area contributed by atoms with Gasteiger partial charge in [0.2, 0.25) is 0 Å². The predicted molar refractivity (Wildman–Crippen MR) is 81.6 cm³/mol. The zero-order chi connectivity index (χ0) is 15.4. The second-order valence-electron chi connectivity index (χ2n) is 5.69. The molecule has 6 heteroatoms. The van der Waals surface area contributed by atoms with E-state index in [0.717, 1.165) is 57.8 Å². The molecule has 0 rings (SSSR count). The molecule has 2 unspecified atom stereocenters. The summed E-state index contributed by atoms with van der Waals surface area (Å²) in [7, 11) is -4.14. The van der Waals surface area contributed by atoms with Crippen LogP contribution < -0.4 is 29.6 Å². The largest absolute Gasteiger partial charge is 1.00 e. The van der Waals surface area contributed by atoms with Crippen molar-refractivity contribution in [3.05, 3.63) is 0 Å². The molecule has 21 heavy (non-hydrogen) atoms. The van der Waals surface area contributed by atoms with Crippen molar-refractivity contribution < 1.29 is 47.6 Å². The van der Waals surface area contributed by atoms with Crippen LogP contribution >= 0.6 is 0 Å². The van der Waals surface area contributed by atoms with Gasteiger partial charge in [-0.05, 0) is 25.7 Å². The van der Waals surface area contributed by atoms with E-state index in [1.807, 2.05) is 6.92 Å². The number of unbranched alkanes of at least 4 members (excludes halogenated alkanes) is 4. The van der Waals surface area contributed by atoms with E-state index >= 15 is 0 Å². The smallest absolute Gasteiger partial charge is 0.748 e. The monoisotopic (exact) mass is 330 g/mol. The van der Waals surface area contributed by atoms with Crippen LogP contribution in [0, 0.1) is 0 Å². The first-order chi connectivity index (χ1) is 9.41. The van der Waals surface area contributed by atoms with Crippen molar-refractivity contribution in [3.8, 4) is 0 Å². The van der Waals surface area contributed by atoms with E-state index in [-0.39, 0.29) is 35.7 Å². The molecule has 0 heterocycles. The standard InChI is InChI=1S/C15H32O4S.Na/c1-3-5-7-11-14(16)12-8-6-9-13-15(10-4-2)20(17,18)19;/h14-16H,3-13H2,1-2H3,(H,17,18,19);/q;+1/p-1. The topological polar surface area (TPSA) is 77.4 Å². The zero-order valence-electron chi connectivity index (χ0n) is 14.0. The van der Waals surface area contributed by atoms with Gasteiger partial charge in [-0.1, -0.05) is 58.8 Å². The maximum absolute atomic E-state index is 11.0. The van der Waals surface area contributed by atoms with Gasteiger partial charge in [-0.3, -0.25) is 0 Å². The molecule has 0 aromatic rings. The Morgan fingerprint density at radius 1 is 0.857 bits per heavy atom. The molecule has 0 saturated heterocycles. The molecule has 0 aromatic carbocycles. The van der Waals surface area contributed by atoms with Crippen LogP contribution in [0.15, 0.2) is 0 Å². The fraction of sp³-hybridized carbons (Fsp3) is 1.00. The summed E-state index contributed by atoms with van der Waals surface area (Å²) in [6, 6.07) is 0. The minimum absolute atomic E-state index is 0. The summed E-state index contributed by atoms with van der Waals surface area (Å²) in [4.78, 5) is 0. The molecule has 0 saturated carbocycles. The molecular formula is C15H31NaO4S. The Labute approximate surface area is 153 Å². The Hall–Kier alpha value is 0.870. The maximum atomic E-state index is 11.0. The first-order valence-corrected chi connectivity index (χ1v) is 9.51. The van der Waals surface area contributed by atoms with Gasteiger partial charge < -0.3 is 9.66 Å². The van der Waals surface area contributed by atoms with Gasteiger partial charge in [0.1, 0.15) is 0 Å². The Morgan fingerprint density at radius 2 is 1.38 bits per heavy atom. The SMILES string of the molecule is CCCCCC(O)CCCCCC(CCC)S(=O)(=O)[O-].[Na+]. The van der Waals surface area contributed by atoms with E-state index in [4.69, 9.17) is 0 Å². The van der Waals surface area contributed by atoms with Crippen molar-refractivity contribution in [1.82, 2.24) is 0 Å². The number of hydrogen-bond donors (Lipinski definition) is 1. The van der Waals surface area contributed by atoms with Crippen LogP contribution in [0.2, 0.25) is 0 Å². The molecule has 0 amide bonds. The molecule has 1 N–H and O–H groups in total. The van der Waals surface area contributed by atoms with Gasteiger partial charge in [0.05, 0.1) is 16.2 Å². The van der Waals surface area contributed by atoms with E-state index in [0.29, 0.717) is 12.8 Å². The summed E-state index contributed by atoms with van der Waals surface area (Å²) < 4.78 is 33.1. The third kappa shape index (κ3) is 14.2. The van der Waals surface area contributed by atoms with Crippen molar-refractivity contribution in [1.29, 1.82) is 0 Å². The third-order valence-corrected chi connectivity index (χ3v) is 5.01. The van der Waals surface area contributed by atoms with Gasteiger partial charge in [-0.25, -0.2) is 8.42 Å². The average Bonchev–Trinajstić information content (AvgIpc) is 2.36. The summed E-state index contributed by atoms with van der Waals surface area (Å²) in [6.07, 6.45) is 9.03. The molecule has 0 aromatic heterocycles. The zero-order valence-corrected chi connectivity index (χ0v) is 16.8. The number of hydrogen-bond acceptors (Lipinski definition) is 4. The fourth-order valence-electron chi connectivity index (χ4n) is 2.46. The summed E-state index contributed by atoms with van der Waals surface area (Å²) in [5, 5.41) is 9.03. The van der Waals surface area contributed by atoms with Crippen LogP contribution in [-0.2, 0) is 10.1 Å². The van der Waals surface area contributed by atoms with Crippen LogP contribution in [0.3, 0.4) is 0 Å². The molecular weight excluding hydrogens is 299 g/mol. The summed E-state index contributed by atoms with van der Waals surface area (Å²) in [5.41, 5.74) is 0. The molecule has 0 aliphatic rings. The average molecular weight is 330 g/mol. The van der Waals surface area contributed by atoms with Crippen LogP contribution in [-0.4, -0.2) is 29.4 Å². The van der Waals surface area contributed by atoms with Crippen molar-refractivity contribution in [3.63, 3.8) is 0 Å². The van der Waals surface area contributed by atoms with Gasteiger partial charge in [0.15, 0.2) is 0 Å². The van der Waals surface area contributed by atoms with Gasteiger partial charge >= 0.3 is 29.6 Å². The normalized spacial score (nSPS) is 14.5. The molecule has 0 fully saturated rings. The van der Waals surface area contributed by atoms with E-state index in [9.17, 15) is 18.1 Å². The molecule has 2 atom stereocenters. The first kappa shape index (κ1) is 24.1. The number of rotatable bonds is 13. The van der Waals surface area contributed by atoms with Crippen LogP contribution in [0.4, 0.5) is 0 Å². The van der Waals surface area contributed by atoms with Crippen molar-refractivity contribution >= 4 is 10.1 Å². The fourth-order valence-corrected chi connectivity index (χ4v) is 3.44. The molecule has 0 aliphatic carbocycles. The van der Waals surface area contributed by atoms with E-state index in [1.54, 1.807) is 0 Å². The van der Waals surface area contributed by atoms with Gasteiger partial charge in [-0.15, -0.1) is 0 Å². The minimum atomic E-state index is -4.14. The number of aliphatic hydroxyl groups excluding tert-OH is 1. The van der Waals surface area contributed by atoms with Gasteiger partial charge in [0, 0.05) is 5.25 Å². The summed E-state index contributed by atoms with van der Waals surface area (Å²) >= 11 is 0. The van der Waals surface area contributed by atoms with Crippen molar-refractivity contribution in [2.24, 2.45) is 0 Å². The van der Waals surface area contributed by atoms with Gasteiger partial charge in [0.25, 0.3) is 0 Å². The second-order valence-corrected chi connectivity index (χ2v) is 7.34. The number of aliphatic hydroxyl groups is 1. The molecule has 122 valence electrons.